The largest absolute Gasteiger partial charge is 0.494 e. The van der Waals surface area contributed by atoms with Gasteiger partial charge in [-0.2, -0.15) is 0 Å². The highest BCUT2D eigenvalue weighted by Crippen LogP contribution is 2.23. The summed E-state index contributed by atoms with van der Waals surface area (Å²) < 4.78 is 10.6. The lowest BCUT2D eigenvalue weighted by Crippen LogP contribution is -2.19. The fraction of sp³-hybridized carbons (Fsp3) is 0.538. The van der Waals surface area contributed by atoms with Crippen LogP contribution in [0.25, 0.3) is 0 Å². The summed E-state index contributed by atoms with van der Waals surface area (Å²) in [6.45, 7) is 4.59. The molecule has 0 saturated heterocycles. The molecule has 3 heteroatoms. The topological polar surface area (TPSA) is 38.7 Å². The SMILES string of the molecule is CCOc1ccc(C(O)C(CC)OC)cc1. The molecule has 0 fully saturated rings. The van der Waals surface area contributed by atoms with Gasteiger partial charge in [0.15, 0.2) is 0 Å². The minimum absolute atomic E-state index is 0.155. The third-order valence-electron chi connectivity index (χ3n) is 2.59. The van der Waals surface area contributed by atoms with Crippen LogP contribution in [0.3, 0.4) is 0 Å². The van der Waals surface area contributed by atoms with Gasteiger partial charge in [-0.25, -0.2) is 0 Å². The van der Waals surface area contributed by atoms with E-state index in [2.05, 4.69) is 0 Å². The molecular formula is C13H20O3. The van der Waals surface area contributed by atoms with Crippen molar-refractivity contribution in [1.29, 1.82) is 0 Å². The number of rotatable bonds is 6. The first kappa shape index (κ1) is 13.0. The molecule has 1 rings (SSSR count). The van der Waals surface area contributed by atoms with E-state index in [0.717, 1.165) is 17.7 Å². The van der Waals surface area contributed by atoms with E-state index in [1.165, 1.54) is 0 Å². The van der Waals surface area contributed by atoms with Crippen molar-refractivity contribution in [3.63, 3.8) is 0 Å². The van der Waals surface area contributed by atoms with Crippen molar-refractivity contribution >= 4 is 0 Å². The molecule has 0 bridgehead atoms. The van der Waals surface area contributed by atoms with E-state index < -0.39 is 6.10 Å². The lowest BCUT2D eigenvalue weighted by atomic mass is 10.0. The van der Waals surface area contributed by atoms with Gasteiger partial charge in [-0.3, -0.25) is 0 Å². The van der Waals surface area contributed by atoms with Gasteiger partial charge in [-0.1, -0.05) is 19.1 Å². The van der Waals surface area contributed by atoms with Gasteiger partial charge in [0.2, 0.25) is 0 Å². The van der Waals surface area contributed by atoms with Crippen LogP contribution in [0.2, 0.25) is 0 Å². The Labute approximate surface area is 97.0 Å². The minimum atomic E-state index is -0.578. The Morgan fingerprint density at radius 2 is 1.81 bits per heavy atom. The van der Waals surface area contributed by atoms with E-state index in [1.54, 1.807) is 7.11 Å². The Bertz CT molecular complexity index is 291. The van der Waals surface area contributed by atoms with E-state index in [0.29, 0.717) is 6.61 Å². The van der Waals surface area contributed by atoms with Crippen molar-refractivity contribution in [1.82, 2.24) is 0 Å². The monoisotopic (exact) mass is 224 g/mol. The second-order valence-corrected chi connectivity index (χ2v) is 3.63. The average Bonchev–Trinajstić information content (AvgIpc) is 2.32. The molecule has 0 aromatic heterocycles. The molecule has 1 aromatic carbocycles. The van der Waals surface area contributed by atoms with E-state index in [4.69, 9.17) is 9.47 Å². The summed E-state index contributed by atoms with van der Waals surface area (Å²) in [5.74, 6) is 0.823. The predicted molar refractivity (Wildman–Crippen MR) is 63.7 cm³/mol. The van der Waals surface area contributed by atoms with Crippen LogP contribution in [-0.2, 0) is 4.74 Å². The molecule has 2 atom stereocenters. The quantitative estimate of drug-likeness (QED) is 0.807. The summed E-state index contributed by atoms with van der Waals surface area (Å²) in [4.78, 5) is 0. The number of ether oxygens (including phenoxy) is 2. The fourth-order valence-corrected chi connectivity index (χ4v) is 1.66. The summed E-state index contributed by atoms with van der Waals surface area (Å²) >= 11 is 0. The molecule has 2 unspecified atom stereocenters. The molecular weight excluding hydrogens is 204 g/mol. The lowest BCUT2D eigenvalue weighted by Gasteiger charge is -2.20. The van der Waals surface area contributed by atoms with Crippen LogP contribution in [0, 0.1) is 0 Å². The molecule has 0 aliphatic rings. The third-order valence-corrected chi connectivity index (χ3v) is 2.59. The summed E-state index contributed by atoms with van der Waals surface area (Å²) in [5, 5.41) is 10.0. The van der Waals surface area contributed by atoms with Crippen LogP contribution >= 0.6 is 0 Å². The van der Waals surface area contributed by atoms with Crippen LogP contribution in [-0.4, -0.2) is 24.9 Å². The number of aliphatic hydroxyl groups is 1. The van der Waals surface area contributed by atoms with Crippen molar-refractivity contribution in [3.05, 3.63) is 29.8 Å². The Kier molecular flexibility index (Phi) is 5.29. The molecule has 0 aliphatic heterocycles. The molecule has 0 spiro atoms. The minimum Gasteiger partial charge on any atom is -0.494 e. The zero-order valence-electron chi connectivity index (χ0n) is 10.1. The maximum absolute atomic E-state index is 10.0. The third kappa shape index (κ3) is 3.22. The van der Waals surface area contributed by atoms with Crippen molar-refractivity contribution < 1.29 is 14.6 Å². The van der Waals surface area contributed by atoms with E-state index in [9.17, 15) is 5.11 Å². The number of methoxy groups -OCH3 is 1. The summed E-state index contributed by atoms with van der Waals surface area (Å²) in [7, 11) is 1.62. The highest BCUT2D eigenvalue weighted by Gasteiger charge is 2.18. The molecule has 1 aromatic rings. The van der Waals surface area contributed by atoms with Gasteiger partial charge in [-0.05, 0) is 31.0 Å². The van der Waals surface area contributed by atoms with Gasteiger partial charge < -0.3 is 14.6 Å². The molecule has 3 nitrogen and oxygen atoms in total. The average molecular weight is 224 g/mol. The van der Waals surface area contributed by atoms with E-state index in [-0.39, 0.29) is 6.10 Å². The normalized spacial score (nSPS) is 14.5. The predicted octanol–water partition coefficient (Wildman–Crippen LogP) is 2.54. The summed E-state index contributed by atoms with van der Waals surface area (Å²) in [6.07, 6.45) is 0.0499. The Hall–Kier alpha value is -1.06. The van der Waals surface area contributed by atoms with Crippen LogP contribution in [0.15, 0.2) is 24.3 Å². The Balaban J connectivity index is 2.72. The van der Waals surface area contributed by atoms with Crippen LogP contribution < -0.4 is 4.74 Å². The second-order valence-electron chi connectivity index (χ2n) is 3.63. The first-order chi connectivity index (χ1) is 7.72. The maximum atomic E-state index is 10.0. The maximum Gasteiger partial charge on any atom is 0.119 e. The molecule has 0 radical (unpaired) electrons. The van der Waals surface area contributed by atoms with Gasteiger partial charge in [-0.15, -0.1) is 0 Å². The van der Waals surface area contributed by atoms with E-state index in [1.807, 2.05) is 38.1 Å². The molecule has 0 heterocycles. The zero-order valence-corrected chi connectivity index (χ0v) is 10.1. The smallest absolute Gasteiger partial charge is 0.119 e. The first-order valence-corrected chi connectivity index (χ1v) is 5.66. The van der Waals surface area contributed by atoms with Gasteiger partial charge >= 0.3 is 0 Å². The fourth-order valence-electron chi connectivity index (χ4n) is 1.66. The highest BCUT2D eigenvalue weighted by molar-refractivity contribution is 5.28. The molecule has 0 amide bonds. The van der Waals surface area contributed by atoms with Gasteiger partial charge in [0.1, 0.15) is 11.9 Å². The van der Waals surface area contributed by atoms with E-state index >= 15 is 0 Å². The van der Waals surface area contributed by atoms with Crippen molar-refractivity contribution in [2.75, 3.05) is 13.7 Å². The van der Waals surface area contributed by atoms with Crippen molar-refractivity contribution in [2.45, 2.75) is 32.5 Å². The molecule has 1 N–H and O–H groups in total. The zero-order chi connectivity index (χ0) is 12.0. The highest BCUT2D eigenvalue weighted by atomic mass is 16.5. The van der Waals surface area contributed by atoms with Gasteiger partial charge in [0.05, 0.1) is 12.7 Å². The Morgan fingerprint density at radius 1 is 1.19 bits per heavy atom. The van der Waals surface area contributed by atoms with Crippen molar-refractivity contribution in [2.24, 2.45) is 0 Å². The summed E-state index contributed by atoms with van der Waals surface area (Å²) in [6, 6.07) is 7.48. The number of aliphatic hydroxyl groups excluding tert-OH is 1. The van der Waals surface area contributed by atoms with Crippen LogP contribution in [0.5, 0.6) is 5.75 Å². The lowest BCUT2D eigenvalue weighted by molar-refractivity contribution is -0.0148. The standard InChI is InChI=1S/C13H20O3/c1-4-12(15-3)13(14)10-6-8-11(9-7-10)16-5-2/h6-9,12-14H,4-5H2,1-3H3. The molecule has 16 heavy (non-hydrogen) atoms. The van der Waals surface area contributed by atoms with Crippen LogP contribution in [0.4, 0.5) is 0 Å². The molecule has 90 valence electrons. The molecule has 0 aliphatic carbocycles. The number of benzene rings is 1. The first-order valence-electron chi connectivity index (χ1n) is 5.66. The number of hydrogen-bond acceptors (Lipinski definition) is 3. The van der Waals surface area contributed by atoms with Crippen molar-refractivity contribution in [3.8, 4) is 5.75 Å². The number of hydrogen-bond donors (Lipinski definition) is 1. The van der Waals surface area contributed by atoms with Gasteiger partial charge in [0, 0.05) is 7.11 Å². The Morgan fingerprint density at radius 3 is 2.25 bits per heavy atom. The summed E-state index contributed by atoms with van der Waals surface area (Å²) in [5.41, 5.74) is 0.858. The molecule has 0 saturated carbocycles. The second kappa shape index (κ2) is 6.51. The van der Waals surface area contributed by atoms with Crippen LogP contribution in [0.1, 0.15) is 31.9 Å². The van der Waals surface area contributed by atoms with Gasteiger partial charge in [0.25, 0.3) is 0 Å².